The lowest BCUT2D eigenvalue weighted by molar-refractivity contribution is 0.166. The van der Waals surface area contributed by atoms with Crippen LogP contribution in [-0.4, -0.2) is 15.0 Å². The Balaban J connectivity index is 1.21. The van der Waals surface area contributed by atoms with E-state index in [1.54, 1.807) is 11.1 Å². The summed E-state index contributed by atoms with van der Waals surface area (Å²) < 4.78 is 0. The number of aromatic nitrogens is 3. The zero-order chi connectivity index (χ0) is 25.8. The molecule has 4 aliphatic rings. The number of hydrogen-bond acceptors (Lipinski definition) is 3. The first kappa shape index (κ1) is 22.8. The van der Waals surface area contributed by atoms with Gasteiger partial charge in [-0.15, -0.1) is 0 Å². The molecule has 2 atom stereocenters. The molecule has 0 radical (unpaired) electrons. The average Bonchev–Trinajstić information content (AvgIpc) is 3.17. The van der Waals surface area contributed by atoms with Gasteiger partial charge in [0.2, 0.25) is 0 Å². The van der Waals surface area contributed by atoms with E-state index in [2.05, 4.69) is 66.7 Å². The standard InChI is InChI=1S/C36H31N3/c1-3-8-25(9-4-1)34-37-35(26-10-5-2-6-11-26)39-36(38-34)29-13-7-12-27(21-29)28-14-15-32-30-17-23-16-24(18-30)20-31(19-23)33(32)22-28/h1-15,21-24,30-31H,16-20H2. The monoisotopic (exact) mass is 505 g/mol. The Hall–Kier alpha value is -4.11. The second-order valence-electron chi connectivity index (χ2n) is 11.8. The molecule has 5 aromatic rings. The van der Waals surface area contributed by atoms with Gasteiger partial charge in [0.15, 0.2) is 17.5 Å². The Kier molecular flexibility index (Phi) is 5.43. The molecule has 2 saturated carbocycles. The first-order chi connectivity index (χ1) is 19.3. The number of hydrogen-bond donors (Lipinski definition) is 0. The van der Waals surface area contributed by atoms with Crippen molar-refractivity contribution in [2.24, 2.45) is 11.8 Å². The van der Waals surface area contributed by atoms with Crippen molar-refractivity contribution in [3.63, 3.8) is 0 Å². The third-order valence-electron chi connectivity index (χ3n) is 9.26. The zero-order valence-electron chi connectivity index (χ0n) is 22.0. The maximum atomic E-state index is 4.95. The first-order valence-electron chi connectivity index (χ1n) is 14.4. The second-order valence-corrected chi connectivity index (χ2v) is 11.8. The summed E-state index contributed by atoms with van der Waals surface area (Å²) in [7, 11) is 0. The van der Waals surface area contributed by atoms with Crippen LogP contribution in [0.15, 0.2) is 103 Å². The summed E-state index contributed by atoms with van der Waals surface area (Å²) in [5, 5.41) is 0. The van der Waals surface area contributed by atoms with Crippen LogP contribution >= 0.6 is 0 Å². The molecule has 0 spiro atoms. The normalized spacial score (nSPS) is 22.9. The van der Waals surface area contributed by atoms with Gasteiger partial charge in [0.25, 0.3) is 0 Å². The van der Waals surface area contributed by atoms with Gasteiger partial charge in [-0.1, -0.05) is 97.1 Å². The maximum absolute atomic E-state index is 4.95. The van der Waals surface area contributed by atoms with Crippen LogP contribution in [0.2, 0.25) is 0 Å². The first-order valence-corrected chi connectivity index (χ1v) is 14.4. The molecule has 0 amide bonds. The van der Waals surface area contributed by atoms with E-state index in [0.29, 0.717) is 17.5 Å². The highest BCUT2D eigenvalue weighted by Crippen LogP contribution is 2.56. The highest BCUT2D eigenvalue weighted by atomic mass is 15.0. The molecule has 4 aliphatic carbocycles. The van der Waals surface area contributed by atoms with Crippen LogP contribution in [0.5, 0.6) is 0 Å². The Labute approximate surface area is 230 Å². The number of benzene rings is 4. The Morgan fingerprint density at radius 1 is 0.385 bits per heavy atom. The van der Waals surface area contributed by atoms with E-state index in [1.807, 2.05) is 36.4 Å². The average molecular weight is 506 g/mol. The number of rotatable bonds is 4. The molecule has 9 rings (SSSR count). The fourth-order valence-corrected chi connectivity index (χ4v) is 7.61. The third kappa shape index (κ3) is 4.17. The van der Waals surface area contributed by atoms with E-state index in [0.717, 1.165) is 40.4 Å². The van der Waals surface area contributed by atoms with Crippen molar-refractivity contribution >= 4 is 0 Å². The van der Waals surface area contributed by atoms with Gasteiger partial charge in [-0.25, -0.2) is 15.0 Å². The van der Waals surface area contributed by atoms with E-state index < -0.39 is 0 Å². The van der Waals surface area contributed by atoms with Crippen LogP contribution in [0.1, 0.15) is 55.1 Å². The van der Waals surface area contributed by atoms with Crippen LogP contribution in [-0.2, 0) is 0 Å². The van der Waals surface area contributed by atoms with Crippen molar-refractivity contribution in [2.75, 3.05) is 0 Å². The molecule has 2 unspecified atom stereocenters. The van der Waals surface area contributed by atoms with E-state index in [9.17, 15) is 0 Å². The minimum absolute atomic E-state index is 0.695. The molecule has 0 N–H and O–H groups in total. The molecule has 3 heteroatoms. The molecule has 0 saturated heterocycles. The fourth-order valence-electron chi connectivity index (χ4n) is 7.61. The van der Waals surface area contributed by atoms with Crippen LogP contribution in [0, 0.1) is 11.8 Å². The van der Waals surface area contributed by atoms with Crippen LogP contribution < -0.4 is 0 Å². The summed E-state index contributed by atoms with van der Waals surface area (Å²) in [5.74, 6) is 5.48. The lowest BCUT2D eigenvalue weighted by Gasteiger charge is -2.38. The molecule has 39 heavy (non-hydrogen) atoms. The SMILES string of the molecule is c1ccc(-c2nc(-c3ccccc3)nc(-c3cccc(-c4ccc5c(c4)C4CC6CC(CC5C6)C4)c3)n2)cc1. The van der Waals surface area contributed by atoms with Crippen LogP contribution in [0.3, 0.4) is 0 Å². The quantitative estimate of drug-likeness (QED) is 0.245. The smallest absolute Gasteiger partial charge is 0.164 e. The molecule has 190 valence electrons. The van der Waals surface area contributed by atoms with Gasteiger partial charge >= 0.3 is 0 Å². The van der Waals surface area contributed by atoms with Crippen molar-refractivity contribution in [2.45, 2.75) is 43.9 Å². The molecular weight excluding hydrogens is 474 g/mol. The molecule has 4 aromatic carbocycles. The second kappa shape index (κ2) is 9.27. The Morgan fingerprint density at radius 2 is 0.872 bits per heavy atom. The number of nitrogens with zero attached hydrogens (tertiary/aromatic N) is 3. The lowest BCUT2D eigenvalue weighted by Crippen LogP contribution is -2.25. The summed E-state index contributed by atoms with van der Waals surface area (Å²) in [6, 6.07) is 36.4. The Bertz CT molecular complexity index is 1590. The van der Waals surface area contributed by atoms with E-state index >= 15 is 0 Å². The van der Waals surface area contributed by atoms with Crippen molar-refractivity contribution in [3.05, 3.63) is 114 Å². The molecule has 4 bridgehead atoms. The lowest BCUT2D eigenvalue weighted by atomic mass is 9.67. The fraction of sp³-hybridized carbons (Fsp3) is 0.250. The maximum Gasteiger partial charge on any atom is 0.164 e. The van der Waals surface area contributed by atoms with Crippen LogP contribution in [0.4, 0.5) is 0 Å². The van der Waals surface area contributed by atoms with Gasteiger partial charge in [0.05, 0.1) is 0 Å². The van der Waals surface area contributed by atoms with Gasteiger partial charge in [-0.3, -0.25) is 0 Å². The summed E-state index contributed by atoms with van der Waals surface area (Å²) in [6.45, 7) is 0. The van der Waals surface area contributed by atoms with Crippen molar-refractivity contribution in [1.29, 1.82) is 0 Å². The highest BCUT2D eigenvalue weighted by Gasteiger charge is 2.42. The largest absolute Gasteiger partial charge is 0.208 e. The summed E-state index contributed by atoms with van der Waals surface area (Å²) >= 11 is 0. The van der Waals surface area contributed by atoms with Gasteiger partial charge < -0.3 is 0 Å². The van der Waals surface area contributed by atoms with Gasteiger partial charge in [-0.05, 0) is 84.1 Å². The highest BCUT2D eigenvalue weighted by molar-refractivity contribution is 5.73. The molecule has 1 heterocycles. The Morgan fingerprint density at radius 3 is 1.49 bits per heavy atom. The molecule has 1 aromatic heterocycles. The van der Waals surface area contributed by atoms with Crippen molar-refractivity contribution in [1.82, 2.24) is 15.0 Å². The van der Waals surface area contributed by atoms with Crippen molar-refractivity contribution in [3.8, 4) is 45.3 Å². The van der Waals surface area contributed by atoms with E-state index in [1.165, 1.54) is 43.2 Å². The predicted molar refractivity (Wildman–Crippen MR) is 157 cm³/mol. The summed E-state index contributed by atoms with van der Waals surface area (Å²) in [5.41, 5.74) is 8.79. The minimum Gasteiger partial charge on any atom is -0.208 e. The predicted octanol–water partition coefficient (Wildman–Crippen LogP) is 8.93. The topological polar surface area (TPSA) is 38.7 Å². The molecule has 3 nitrogen and oxygen atoms in total. The minimum atomic E-state index is 0.695. The molecule has 0 aliphatic heterocycles. The molecular formula is C36H31N3. The molecule has 2 fully saturated rings. The van der Waals surface area contributed by atoms with Gasteiger partial charge in [0, 0.05) is 16.7 Å². The summed E-state index contributed by atoms with van der Waals surface area (Å²) in [4.78, 5) is 14.8. The summed E-state index contributed by atoms with van der Waals surface area (Å²) in [6.07, 6.45) is 7.05. The third-order valence-corrected chi connectivity index (χ3v) is 9.26. The zero-order valence-corrected chi connectivity index (χ0v) is 22.0. The van der Waals surface area contributed by atoms with E-state index in [-0.39, 0.29) is 0 Å². The van der Waals surface area contributed by atoms with Gasteiger partial charge in [-0.2, -0.15) is 0 Å². The van der Waals surface area contributed by atoms with E-state index in [4.69, 9.17) is 15.0 Å². The van der Waals surface area contributed by atoms with Crippen LogP contribution in [0.25, 0.3) is 45.3 Å². The van der Waals surface area contributed by atoms with Gasteiger partial charge in [0.1, 0.15) is 0 Å². The van der Waals surface area contributed by atoms with Crippen molar-refractivity contribution < 1.29 is 0 Å².